The fourth-order valence-electron chi connectivity index (χ4n) is 3.02. The highest BCUT2D eigenvalue weighted by Crippen LogP contribution is 2.39. The maximum absolute atomic E-state index is 5.89. The van der Waals surface area contributed by atoms with Crippen LogP contribution in [-0.4, -0.2) is 17.6 Å². The molecule has 0 amide bonds. The van der Waals surface area contributed by atoms with Gasteiger partial charge in [-0.3, -0.25) is 0 Å². The van der Waals surface area contributed by atoms with Crippen LogP contribution >= 0.6 is 22.9 Å². The maximum atomic E-state index is 5.89. The first-order chi connectivity index (χ1) is 7.34. The van der Waals surface area contributed by atoms with Gasteiger partial charge in [-0.25, -0.2) is 4.98 Å². The standard InChI is InChI=1S/C11H15ClN2S/c12-10-7-15-11(13-10)14-6-5-8-3-1-2-4-9(8)14/h7-9H,1-6H2/t8-,9-/m0/s1. The van der Waals surface area contributed by atoms with Crippen molar-refractivity contribution in [2.75, 3.05) is 11.4 Å². The number of aromatic nitrogens is 1. The van der Waals surface area contributed by atoms with Crippen LogP contribution in [-0.2, 0) is 0 Å². The van der Waals surface area contributed by atoms with Gasteiger partial charge >= 0.3 is 0 Å². The van der Waals surface area contributed by atoms with E-state index in [0.29, 0.717) is 5.15 Å². The topological polar surface area (TPSA) is 16.1 Å². The summed E-state index contributed by atoms with van der Waals surface area (Å²) >= 11 is 7.57. The van der Waals surface area contributed by atoms with Crippen LogP contribution in [0.25, 0.3) is 0 Å². The van der Waals surface area contributed by atoms with E-state index < -0.39 is 0 Å². The Kier molecular flexibility index (Phi) is 2.61. The number of rotatable bonds is 1. The van der Waals surface area contributed by atoms with E-state index in [1.807, 2.05) is 5.38 Å². The molecule has 1 aromatic heterocycles. The summed E-state index contributed by atoms with van der Waals surface area (Å²) in [4.78, 5) is 6.88. The van der Waals surface area contributed by atoms with Crippen molar-refractivity contribution in [1.82, 2.24) is 4.98 Å². The van der Waals surface area contributed by atoms with Crippen molar-refractivity contribution in [3.05, 3.63) is 10.5 Å². The second-order valence-electron chi connectivity index (χ2n) is 4.55. The molecule has 4 heteroatoms. The highest BCUT2D eigenvalue weighted by Gasteiger charge is 2.36. The first kappa shape index (κ1) is 9.91. The predicted molar refractivity (Wildman–Crippen MR) is 64.8 cm³/mol. The molecule has 2 nitrogen and oxygen atoms in total. The Hall–Kier alpha value is -0.280. The van der Waals surface area contributed by atoms with Gasteiger partial charge in [0, 0.05) is 18.0 Å². The minimum atomic E-state index is 0.647. The lowest BCUT2D eigenvalue weighted by Crippen LogP contribution is -2.34. The molecule has 0 spiro atoms. The molecule has 2 atom stereocenters. The molecule has 2 aliphatic rings. The van der Waals surface area contributed by atoms with Crippen molar-refractivity contribution < 1.29 is 0 Å². The lowest BCUT2D eigenvalue weighted by atomic mass is 9.85. The molecule has 0 bridgehead atoms. The number of hydrogen-bond donors (Lipinski definition) is 0. The summed E-state index contributed by atoms with van der Waals surface area (Å²) in [5, 5.41) is 3.72. The van der Waals surface area contributed by atoms with Crippen LogP contribution in [0.3, 0.4) is 0 Å². The highest BCUT2D eigenvalue weighted by atomic mass is 35.5. The molecule has 0 unspecified atom stereocenters. The SMILES string of the molecule is Clc1csc(N2CC[C@@H]3CCCC[C@@H]32)n1. The molecule has 1 aliphatic heterocycles. The van der Waals surface area contributed by atoms with Gasteiger partial charge in [0.25, 0.3) is 0 Å². The zero-order valence-electron chi connectivity index (χ0n) is 8.66. The van der Waals surface area contributed by atoms with Crippen LogP contribution < -0.4 is 4.90 Å². The molecule has 15 heavy (non-hydrogen) atoms. The van der Waals surface area contributed by atoms with Crippen molar-refractivity contribution in [3.63, 3.8) is 0 Å². The predicted octanol–water partition coefficient (Wildman–Crippen LogP) is 3.57. The molecule has 1 saturated carbocycles. The molecule has 1 aromatic rings. The minimum absolute atomic E-state index is 0.647. The van der Waals surface area contributed by atoms with Crippen molar-refractivity contribution in [2.45, 2.75) is 38.1 Å². The van der Waals surface area contributed by atoms with E-state index in [0.717, 1.165) is 17.1 Å². The van der Waals surface area contributed by atoms with Gasteiger partial charge in [-0.2, -0.15) is 0 Å². The van der Waals surface area contributed by atoms with E-state index in [1.165, 1.54) is 38.6 Å². The first-order valence-electron chi connectivity index (χ1n) is 5.72. The number of nitrogens with zero attached hydrogens (tertiary/aromatic N) is 2. The molecule has 0 aromatic carbocycles. The average Bonchev–Trinajstić information content (AvgIpc) is 2.83. The minimum Gasteiger partial charge on any atom is -0.345 e. The first-order valence-corrected chi connectivity index (χ1v) is 6.98. The molecule has 0 radical (unpaired) electrons. The fourth-order valence-corrected chi connectivity index (χ4v) is 4.05. The van der Waals surface area contributed by atoms with Crippen molar-refractivity contribution in [1.29, 1.82) is 0 Å². The average molecular weight is 243 g/mol. The van der Waals surface area contributed by atoms with E-state index in [9.17, 15) is 0 Å². The molecule has 2 heterocycles. The third-order valence-electron chi connectivity index (χ3n) is 3.72. The van der Waals surface area contributed by atoms with Gasteiger partial charge in [-0.1, -0.05) is 24.4 Å². The molecular weight excluding hydrogens is 228 g/mol. The van der Waals surface area contributed by atoms with Crippen molar-refractivity contribution in [3.8, 4) is 0 Å². The Morgan fingerprint density at radius 3 is 3.00 bits per heavy atom. The van der Waals surface area contributed by atoms with Crippen molar-refractivity contribution in [2.24, 2.45) is 5.92 Å². The Labute approximate surface area is 99.3 Å². The molecule has 3 rings (SSSR count). The highest BCUT2D eigenvalue weighted by molar-refractivity contribution is 7.14. The zero-order valence-corrected chi connectivity index (χ0v) is 10.2. The number of anilines is 1. The normalized spacial score (nSPS) is 30.6. The summed E-state index contributed by atoms with van der Waals surface area (Å²) in [6, 6.07) is 0.751. The summed E-state index contributed by atoms with van der Waals surface area (Å²) in [6.45, 7) is 1.18. The summed E-state index contributed by atoms with van der Waals surface area (Å²) in [5.41, 5.74) is 0. The zero-order chi connectivity index (χ0) is 10.3. The van der Waals surface area contributed by atoms with Crippen LogP contribution in [0, 0.1) is 5.92 Å². The summed E-state index contributed by atoms with van der Waals surface area (Å²) in [7, 11) is 0. The molecule has 2 fully saturated rings. The monoisotopic (exact) mass is 242 g/mol. The number of hydrogen-bond acceptors (Lipinski definition) is 3. The second-order valence-corrected chi connectivity index (χ2v) is 5.77. The third kappa shape index (κ3) is 1.76. The Balaban J connectivity index is 1.82. The summed E-state index contributed by atoms with van der Waals surface area (Å²) in [5.74, 6) is 0.918. The van der Waals surface area contributed by atoms with Gasteiger partial charge < -0.3 is 4.90 Å². The quantitative estimate of drug-likeness (QED) is 0.749. The Bertz CT molecular complexity index is 352. The van der Waals surface area contributed by atoms with E-state index in [-0.39, 0.29) is 0 Å². The summed E-state index contributed by atoms with van der Waals surface area (Å²) < 4.78 is 0. The van der Waals surface area contributed by atoms with Crippen LogP contribution in [0.15, 0.2) is 5.38 Å². The lowest BCUT2D eigenvalue weighted by Gasteiger charge is -2.31. The molecule has 0 N–H and O–H groups in total. The smallest absolute Gasteiger partial charge is 0.187 e. The van der Waals surface area contributed by atoms with E-state index in [1.54, 1.807) is 11.3 Å². The Morgan fingerprint density at radius 2 is 2.20 bits per heavy atom. The molecular formula is C11H15ClN2S. The number of fused-ring (bicyclic) bond motifs is 1. The van der Waals surface area contributed by atoms with Gasteiger partial charge in [0.1, 0.15) is 5.15 Å². The third-order valence-corrected chi connectivity index (χ3v) is 4.92. The van der Waals surface area contributed by atoms with Gasteiger partial charge in [0.15, 0.2) is 5.13 Å². The molecule has 1 saturated heterocycles. The van der Waals surface area contributed by atoms with Crippen molar-refractivity contribution >= 4 is 28.1 Å². The van der Waals surface area contributed by atoms with Gasteiger partial charge in [-0.15, -0.1) is 11.3 Å². The van der Waals surface area contributed by atoms with Crippen LogP contribution in [0.1, 0.15) is 32.1 Å². The molecule has 1 aliphatic carbocycles. The lowest BCUT2D eigenvalue weighted by molar-refractivity contribution is 0.342. The maximum Gasteiger partial charge on any atom is 0.187 e. The fraction of sp³-hybridized carbons (Fsp3) is 0.727. The van der Waals surface area contributed by atoms with E-state index in [2.05, 4.69) is 9.88 Å². The van der Waals surface area contributed by atoms with Crippen LogP contribution in [0.2, 0.25) is 5.15 Å². The van der Waals surface area contributed by atoms with Gasteiger partial charge in [0.05, 0.1) is 0 Å². The van der Waals surface area contributed by atoms with Crippen LogP contribution in [0.4, 0.5) is 5.13 Å². The van der Waals surface area contributed by atoms with Gasteiger partial charge in [0.2, 0.25) is 0 Å². The number of halogens is 1. The van der Waals surface area contributed by atoms with E-state index in [4.69, 9.17) is 11.6 Å². The Morgan fingerprint density at radius 1 is 1.33 bits per heavy atom. The molecule has 82 valence electrons. The number of thiazole rings is 1. The van der Waals surface area contributed by atoms with Crippen LogP contribution in [0.5, 0.6) is 0 Å². The second kappa shape index (κ2) is 3.95. The largest absolute Gasteiger partial charge is 0.345 e. The van der Waals surface area contributed by atoms with Gasteiger partial charge in [-0.05, 0) is 25.2 Å². The summed E-state index contributed by atoms with van der Waals surface area (Å²) in [6.07, 6.45) is 6.93. The van der Waals surface area contributed by atoms with E-state index >= 15 is 0 Å².